The van der Waals surface area contributed by atoms with E-state index in [1.807, 2.05) is 10.2 Å². The molecular formula is C16H20F3N5O2. The monoisotopic (exact) mass is 371 g/mol. The molecule has 2 aromatic heterocycles. The normalized spacial score (nSPS) is 21.7. The number of hydrogen-bond donors (Lipinski definition) is 1. The maximum atomic E-state index is 12.7. The van der Waals surface area contributed by atoms with Gasteiger partial charge in [0.15, 0.2) is 0 Å². The third kappa shape index (κ3) is 4.06. The van der Waals surface area contributed by atoms with Gasteiger partial charge in [0, 0.05) is 31.5 Å². The number of imidazole rings is 1. The molecule has 1 unspecified atom stereocenters. The molecule has 1 saturated heterocycles. The van der Waals surface area contributed by atoms with E-state index in [2.05, 4.69) is 10.1 Å². The largest absolute Gasteiger partial charge is 0.405 e. The third-order valence-electron chi connectivity index (χ3n) is 4.48. The van der Waals surface area contributed by atoms with E-state index in [9.17, 15) is 18.0 Å². The first-order valence-electron chi connectivity index (χ1n) is 8.26. The van der Waals surface area contributed by atoms with E-state index >= 15 is 0 Å². The highest BCUT2D eigenvalue weighted by atomic mass is 19.4. The van der Waals surface area contributed by atoms with Crippen LogP contribution in [0.4, 0.5) is 13.2 Å². The SMILES string of the molecule is Cc1cc(CN2CCCC(C(=O)NCC(F)(F)F)(n3ccnc3)C2)no1. The smallest absolute Gasteiger partial charge is 0.361 e. The average molecular weight is 371 g/mol. The number of aryl methyl sites for hydroxylation is 1. The molecule has 2 aromatic rings. The lowest BCUT2D eigenvalue weighted by molar-refractivity contribution is -0.146. The summed E-state index contributed by atoms with van der Waals surface area (Å²) in [6.07, 6.45) is 1.22. The van der Waals surface area contributed by atoms with E-state index in [-0.39, 0.29) is 6.54 Å². The minimum Gasteiger partial charge on any atom is -0.361 e. The lowest BCUT2D eigenvalue weighted by Crippen LogP contribution is -2.58. The Morgan fingerprint density at radius 3 is 2.88 bits per heavy atom. The topological polar surface area (TPSA) is 76.2 Å². The summed E-state index contributed by atoms with van der Waals surface area (Å²) in [7, 11) is 0. The van der Waals surface area contributed by atoms with E-state index in [0.717, 1.165) is 12.2 Å². The van der Waals surface area contributed by atoms with Crippen molar-refractivity contribution in [1.29, 1.82) is 0 Å². The molecule has 0 bridgehead atoms. The third-order valence-corrected chi connectivity index (χ3v) is 4.48. The van der Waals surface area contributed by atoms with Gasteiger partial charge in [-0.2, -0.15) is 13.2 Å². The molecule has 0 saturated carbocycles. The van der Waals surface area contributed by atoms with Crippen molar-refractivity contribution in [1.82, 2.24) is 24.9 Å². The molecule has 1 amide bonds. The van der Waals surface area contributed by atoms with Crippen molar-refractivity contribution >= 4 is 5.91 Å². The molecule has 7 nitrogen and oxygen atoms in total. The molecule has 1 fully saturated rings. The molecule has 1 N–H and O–H groups in total. The second-order valence-corrected chi connectivity index (χ2v) is 6.54. The Kier molecular flexibility index (Phi) is 5.03. The number of aromatic nitrogens is 3. The summed E-state index contributed by atoms with van der Waals surface area (Å²) in [6.45, 7) is 1.87. The van der Waals surface area contributed by atoms with Crippen LogP contribution in [0.3, 0.4) is 0 Å². The number of amides is 1. The minimum atomic E-state index is -4.46. The Labute approximate surface area is 148 Å². The number of likely N-dealkylation sites (tertiary alicyclic amines) is 1. The number of carbonyl (C=O) groups is 1. The molecule has 142 valence electrons. The van der Waals surface area contributed by atoms with Crippen molar-refractivity contribution in [3.8, 4) is 0 Å². The molecule has 0 spiro atoms. The number of halogens is 3. The fourth-order valence-corrected chi connectivity index (χ4v) is 3.35. The Balaban J connectivity index is 1.80. The summed E-state index contributed by atoms with van der Waals surface area (Å²) in [6, 6.07) is 1.80. The quantitative estimate of drug-likeness (QED) is 0.868. The molecule has 0 aromatic carbocycles. The van der Waals surface area contributed by atoms with Crippen molar-refractivity contribution in [2.24, 2.45) is 0 Å². The van der Waals surface area contributed by atoms with Gasteiger partial charge in [-0.1, -0.05) is 5.16 Å². The molecule has 3 heterocycles. The number of nitrogens with one attached hydrogen (secondary N) is 1. The van der Waals surface area contributed by atoms with Crippen LogP contribution < -0.4 is 5.32 Å². The standard InChI is InChI=1S/C16H20F3N5O2/c1-12-7-13(22-26-12)8-23-5-2-3-15(10-23,24-6-4-20-11-24)14(25)21-9-16(17,18)19/h4,6-7,11H,2-3,5,8-10H2,1H3,(H,21,25). The highest BCUT2D eigenvalue weighted by molar-refractivity contribution is 5.85. The molecule has 3 rings (SSSR count). The molecule has 26 heavy (non-hydrogen) atoms. The van der Waals surface area contributed by atoms with Crippen LogP contribution in [0.5, 0.6) is 0 Å². The lowest BCUT2D eigenvalue weighted by Gasteiger charge is -2.42. The lowest BCUT2D eigenvalue weighted by atomic mass is 9.87. The fourth-order valence-electron chi connectivity index (χ4n) is 3.35. The van der Waals surface area contributed by atoms with Gasteiger partial charge in [-0.3, -0.25) is 9.69 Å². The maximum Gasteiger partial charge on any atom is 0.405 e. The van der Waals surface area contributed by atoms with Gasteiger partial charge in [0.05, 0.1) is 12.0 Å². The molecular weight excluding hydrogens is 351 g/mol. The number of piperidine rings is 1. The first-order chi connectivity index (χ1) is 12.3. The second-order valence-electron chi connectivity index (χ2n) is 6.54. The fraction of sp³-hybridized carbons (Fsp3) is 0.562. The number of nitrogens with zero attached hydrogens (tertiary/aromatic N) is 4. The van der Waals surface area contributed by atoms with Crippen LogP contribution >= 0.6 is 0 Å². The van der Waals surface area contributed by atoms with Gasteiger partial charge in [-0.15, -0.1) is 0 Å². The molecule has 0 radical (unpaired) electrons. The van der Waals surface area contributed by atoms with Crippen LogP contribution in [0.15, 0.2) is 29.3 Å². The highest BCUT2D eigenvalue weighted by Crippen LogP contribution is 2.30. The van der Waals surface area contributed by atoms with Gasteiger partial charge in [-0.05, 0) is 26.3 Å². The van der Waals surface area contributed by atoms with Crippen LogP contribution in [-0.2, 0) is 16.9 Å². The zero-order valence-electron chi connectivity index (χ0n) is 14.3. The van der Waals surface area contributed by atoms with E-state index in [1.54, 1.807) is 23.8 Å². The summed E-state index contributed by atoms with van der Waals surface area (Å²) in [5.74, 6) is 0.0228. The minimum absolute atomic E-state index is 0.263. The van der Waals surface area contributed by atoms with Gasteiger partial charge < -0.3 is 14.4 Å². The second kappa shape index (κ2) is 7.10. The van der Waals surface area contributed by atoms with Crippen molar-refractivity contribution in [2.75, 3.05) is 19.6 Å². The van der Waals surface area contributed by atoms with Crippen LogP contribution in [0.2, 0.25) is 0 Å². The molecule has 1 atom stereocenters. The number of alkyl halides is 3. The summed E-state index contributed by atoms with van der Waals surface area (Å²) >= 11 is 0. The molecule has 0 aliphatic carbocycles. The predicted octanol–water partition coefficient (Wildman–Crippen LogP) is 1.85. The maximum absolute atomic E-state index is 12.7. The van der Waals surface area contributed by atoms with Gasteiger partial charge >= 0.3 is 6.18 Å². The Morgan fingerprint density at radius 1 is 1.46 bits per heavy atom. The van der Waals surface area contributed by atoms with Crippen molar-refractivity contribution in [3.05, 3.63) is 36.2 Å². The number of hydrogen-bond acceptors (Lipinski definition) is 5. The van der Waals surface area contributed by atoms with E-state index in [1.165, 1.54) is 12.5 Å². The van der Waals surface area contributed by atoms with Crippen molar-refractivity contribution in [2.45, 2.75) is 38.0 Å². The summed E-state index contributed by atoms with van der Waals surface area (Å²) in [5.41, 5.74) is -0.418. The Morgan fingerprint density at radius 2 is 2.27 bits per heavy atom. The van der Waals surface area contributed by atoms with E-state index < -0.39 is 24.2 Å². The predicted molar refractivity (Wildman–Crippen MR) is 85.0 cm³/mol. The number of rotatable bonds is 5. The summed E-state index contributed by atoms with van der Waals surface area (Å²) in [4.78, 5) is 18.7. The van der Waals surface area contributed by atoms with E-state index in [4.69, 9.17) is 4.52 Å². The Bertz CT molecular complexity index is 743. The Hall–Kier alpha value is -2.36. The van der Waals surface area contributed by atoms with Gasteiger partial charge in [-0.25, -0.2) is 4.98 Å². The summed E-state index contributed by atoms with van der Waals surface area (Å²) < 4.78 is 44.3. The zero-order valence-corrected chi connectivity index (χ0v) is 14.3. The summed E-state index contributed by atoms with van der Waals surface area (Å²) in [5, 5.41) is 5.99. The van der Waals surface area contributed by atoms with Crippen LogP contribution in [-0.4, -0.2) is 51.3 Å². The number of carbonyl (C=O) groups excluding carboxylic acids is 1. The first kappa shape index (κ1) is 18.4. The molecule has 10 heteroatoms. The van der Waals surface area contributed by atoms with E-state index in [0.29, 0.717) is 25.1 Å². The van der Waals surface area contributed by atoms with Crippen molar-refractivity contribution < 1.29 is 22.5 Å². The molecule has 1 aliphatic rings. The van der Waals surface area contributed by atoms with Gasteiger partial charge in [0.25, 0.3) is 0 Å². The van der Waals surface area contributed by atoms with Crippen LogP contribution in [0.1, 0.15) is 24.3 Å². The molecule has 1 aliphatic heterocycles. The first-order valence-corrected chi connectivity index (χ1v) is 8.26. The van der Waals surface area contributed by atoms with Gasteiger partial charge in [0.2, 0.25) is 5.91 Å². The highest BCUT2D eigenvalue weighted by Gasteiger charge is 2.44. The van der Waals surface area contributed by atoms with Crippen LogP contribution in [0.25, 0.3) is 0 Å². The van der Waals surface area contributed by atoms with Gasteiger partial charge in [0.1, 0.15) is 17.8 Å². The zero-order chi connectivity index (χ0) is 18.8. The van der Waals surface area contributed by atoms with Crippen LogP contribution in [0, 0.1) is 6.92 Å². The van der Waals surface area contributed by atoms with Crippen molar-refractivity contribution in [3.63, 3.8) is 0 Å². The average Bonchev–Trinajstić information content (AvgIpc) is 3.24.